The molecule has 0 aliphatic rings. The van der Waals surface area contributed by atoms with E-state index >= 15 is 0 Å². The second kappa shape index (κ2) is 7.79. The average molecular weight is 376 g/mol. The summed E-state index contributed by atoms with van der Waals surface area (Å²) in [5.41, 5.74) is 4.33. The topological polar surface area (TPSA) is 54.4 Å². The highest BCUT2D eigenvalue weighted by Gasteiger charge is 2.16. The van der Waals surface area contributed by atoms with Gasteiger partial charge in [0.05, 0.1) is 21.7 Å². The van der Waals surface area contributed by atoms with Gasteiger partial charge in [0.25, 0.3) is 5.91 Å². The van der Waals surface area contributed by atoms with Crippen molar-refractivity contribution in [2.24, 2.45) is 5.10 Å². The molecule has 24 heavy (non-hydrogen) atoms. The van der Waals surface area contributed by atoms with E-state index in [1.807, 2.05) is 43.3 Å². The molecule has 3 rings (SSSR count). The van der Waals surface area contributed by atoms with Crippen molar-refractivity contribution in [2.45, 2.75) is 16.5 Å². The number of carbonyl (C=O) groups is 1. The molecule has 0 saturated carbocycles. The predicted octanol–water partition coefficient (Wildman–Crippen LogP) is 4.58. The number of rotatable bonds is 5. The zero-order valence-electron chi connectivity index (χ0n) is 12.8. The first-order chi connectivity index (χ1) is 11.6. The second-order valence-corrected chi connectivity index (χ2v) is 8.05. The van der Waals surface area contributed by atoms with Gasteiger partial charge in [-0.15, -0.1) is 11.3 Å². The van der Waals surface area contributed by atoms with Gasteiger partial charge in [0.2, 0.25) is 0 Å². The molecular weight excluding hydrogens is 362 g/mol. The molecule has 1 amide bonds. The first kappa shape index (κ1) is 17.0. The summed E-state index contributed by atoms with van der Waals surface area (Å²) in [7, 11) is 0. The number of hydrogen-bond acceptors (Lipinski definition) is 5. The van der Waals surface area contributed by atoms with Crippen LogP contribution >= 0.6 is 34.7 Å². The molecule has 0 bridgehead atoms. The summed E-state index contributed by atoms with van der Waals surface area (Å²) in [6, 6.07) is 15.2. The molecule has 0 saturated heterocycles. The maximum absolute atomic E-state index is 12.1. The molecule has 7 heteroatoms. The Morgan fingerprint density at radius 2 is 2.17 bits per heavy atom. The molecule has 0 aliphatic heterocycles. The highest BCUT2D eigenvalue weighted by atomic mass is 35.5. The van der Waals surface area contributed by atoms with E-state index in [0.717, 1.165) is 20.1 Å². The van der Waals surface area contributed by atoms with Gasteiger partial charge in [-0.3, -0.25) is 4.79 Å². The fourth-order valence-corrected chi connectivity index (χ4v) is 4.36. The Morgan fingerprint density at radius 3 is 2.96 bits per heavy atom. The molecule has 122 valence electrons. The summed E-state index contributed by atoms with van der Waals surface area (Å²) in [5.74, 6) is -0.169. The molecule has 0 spiro atoms. The van der Waals surface area contributed by atoms with Crippen LogP contribution in [0.1, 0.15) is 12.5 Å². The highest BCUT2D eigenvalue weighted by Crippen LogP contribution is 2.31. The number of thioether (sulfide) groups is 1. The van der Waals surface area contributed by atoms with E-state index in [1.165, 1.54) is 11.8 Å². The maximum Gasteiger partial charge on any atom is 0.253 e. The molecule has 3 aromatic rings. The van der Waals surface area contributed by atoms with E-state index in [2.05, 4.69) is 15.5 Å². The average Bonchev–Trinajstić information content (AvgIpc) is 2.97. The number of benzene rings is 2. The predicted molar refractivity (Wildman–Crippen MR) is 102 cm³/mol. The minimum absolute atomic E-state index is 0.169. The monoisotopic (exact) mass is 375 g/mol. The molecule has 0 radical (unpaired) electrons. The number of fused-ring (bicyclic) bond motifs is 1. The van der Waals surface area contributed by atoms with Crippen molar-refractivity contribution in [1.82, 2.24) is 10.4 Å². The summed E-state index contributed by atoms with van der Waals surface area (Å²) in [5, 5.41) is 4.31. The van der Waals surface area contributed by atoms with E-state index in [1.54, 1.807) is 29.7 Å². The number of halogens is 1. The Kier molecular flexibility index (Phi) is 5.50. The molecule has 0 aliphatic carbocycles. The fourth-order valence-electron chi connectivity index (χ4n) is 1.95. The summed E-state index contributed by atoms with van der Waals surface area (Å²) in [6.07, 6.45) is 1.57. The fraction of sp³-hybridized carbons (Fsp3) is 0.118. The molecule has 1 aromatic heterocycles. The smallest absolute Gasteiger partial charge is 0.253 e. The Morgan fingerprint density at radius 1 is 1.33 bits per heavy atom. The third-order valence-corrected chi connectivity index (χ3v) is 5.62. The third kappa shape index (κ3) is 4.35. The quantitative estimate of drug-likeness (QED) is 0.403. The van der Waals surface area contributed by atoms with Crippen molar-refractivity contribution in [3.63, 3.8) is 0 Å². The number of nitrogens with zero attached hydrogens (tertiary/aromatic N) is 2. The second-order valence-electron chi connectivity index (χ2n) is 5.00. The first-order valence-corrected chi connectivity index (χ1v) is 9.30. The SMILES string of the molecule is CC(Sc1nc2ccccc2s1)C(=O)N/N=C\c1cccc(Cl)c1. The first-order valence-electron chi connectivity index (χ1n) is 7.22. The van der Waals surface area contributed by atoms with Crippen molar-refractivity contribution >= 4 is 57.0 Å². The van der Waals surface area contributed by atoms with Gasteiger partial charge < -0.3 is 0 Å². The van der Waals surface area contributed by atoms with Crippen LogP contribution < -0.4 is 5.43 Å². The summed E-state index contributed by atoms with van der Waals surface area (Å²) in [4.78, 5) is 16.6. The van der Waals surface area contributed by atoms with E-state index in [9.17, 15) is 4.79 Å². The van der Waals surface area contributed by atoms with Gasteiger partial charge >= 0.3 is 0 Å². The van der Waals surface area contributed by atoms with Gasteiger partial charge in [-0.2, -0.15) is 5.10 Å². The number of hydrogen-bond donors (Lipinski definition) is 1. The Labute approximate surface area is 152 Å². The summed E-state index contributed by atoms with van der Waals surface area (Å²) < 4.78 is 1.99. The van der Waals surface area contributed by atoms with Gasteiger partial charge in [0.1, 0.15) is 0 Å². The molecule has 1 atom stereocenters. The highest BCUT2D eigenvalue weighted by molar-refractivity contribution is 8.02. The van der Waals surface area contributed by atoms with E-state index < -0.39 is 0 Å². The lowest BCUT2D eigenvalue weighted by atomic mass is 10.2. The Hall–Kier alpha value is -1.89. The number of para-hydroxylation sites is 1. The van der Waals surface area contributed by atoms with Crippen LogP contribution in [0.2, 0.25) is 5.02 Å². The normalized spacial score (nSPS) is 12.6. The molecular formula is C17H14ClN3OS2. The number of aromatic nitrogens is 1. The number of hydrazone groups is 1. The maximum atomic E-state index is 12.1. The van der Waals surface area contributed by atoms with Crippen LogP contribution in [0.5, 0.6) is 0 Å². The lowest BCUT2D eigenvalue weighted by molar-refractivity contribution is -0.120. The minimum atomic E-state index is -0.290. The van der Waals surface area contributed by atoms with Gasteiger partial charge in [0.15, 0.2) is 4.34 Å². The molecule has 0 fully saturated rings. The number of amides is 1. The standard InChI is InChI=1S/C17H14ClN3OS2/c1-11(23-17-20-14-7-2-3-8-15(14)24-17)16(22)21-19-10-12-5-4-6-13(18)9-12/h2-11H,1H3,(H,21,22)/b19-10-. The lowest BCUT2D eigenvalue weighted by Gasteiger charge is -2.06. The largest absolute Gasteiger partial charge is 0.272 e. The van der Waals surface area contributed by atoms with Crippen molar-refractivity contribution in [1.29, 1.82) is 0 Å². The molecule has 2 aromatic carbocycles. The third-order valence-electron chi connectivity index (χ3n) is 3.16. The van der Waals surface area contributed by atoms with Crippen LogP contribution in [0, 0.1) is 0 Å². The lowest BCUT2D eigenvalue weighted by Crippen LogP contribution is -2.26. The zero-order valence-corrected chi connectivity index (χ0v) is 15.2. The van der Waals surface area contributed by atoms with Crippen molar-refractivity contribution < 1.29 is 4.79 Å². The van der Waals surface area contributed by atoms with Crippen LogP contribution in [0.3, 0.4) is 0 Å². The Balaban J connectivity index is 1.58. The van der Waals surface area contributed by atoms with Crippen molar-refractivity contribution in [3.8, 4) is 0 Å². The summed E-state index contributed by atoms with van der Waals surface area (Å²) in [6.45, 7) is 1.83. The van der Waals surface area contributed by atoms with Crippen LogP contribution in [-0.4, -0.2) is 22.4 Å². The van der Waals surface area contributed by atoms with Crippen LogP contribution in [0.4, 0.5) is 0 Å². The molecule has 4 nitrogen and oxygen atoms in total. The zero-order chi connectivity index (χ0) is 16.9. The minimum Gasteiger partial charge on any atom is -0.272 e. The Bertz CT molecular complexity index is 861. The van der Waals surface area contributed by atoms with E-state index in [0.29, 0.717) is 5.02 Å². The van der Waals surface area contributed by atoms with E-state index in [4.69, 9.17) is 11.6 Å². The van der Waals surface area contributed by atoms with Gasteiger partial charge in [-0.1, -0.05) is 47.6 Å². The van der Waals surface area contributed by atoms with Crippen molar-refractivity contribution in [2.75, 3.05) is 0 Å². The van der Waals surface area contributed by atoms with Gasteiger partial charge in [0, 0.05) is 5.02 Å². The van der Waals surface area contributed by atoms with Crippen LogP contribution in [-0.2, 0) is 4.79 Å². The van der Waals surface area contributed by atoms with Crippen LogP contribution in [0.15, 0.2) is 58.0 Å². The number of nitrogens with one attached hydrogen (secondary N) is 1. The van der Waals surface area contributed by atoms with Crippen LogP contribution in [0.25, 0.3) is 10.2 Å². The number of carbonyl (C=O) groups excluding carboxylic acids is 1. The van der Waals surface area contributed by atoms with Crippen molar-refractivity contribution in [3.05, 3.63) is 59.1 Å². The molecule has 1 N–H and O–H groups in total. The van der Waals surface area contributed by atoms with Gasteiger partial charge in [-0.25, -0.2) is 10.4 Å². The van der Waals surface area contributed by atoms with Gasteiger partial charge in [-0.05, 0) is 36.8 Å². The van der Waals surface area contributed by atoms with E-state index in [-0.39, 0.29) is 11.2 Å². The number of thiazole rings is 1. The summed E-state index contributed by atoms with van der Waals surface area (Å²) >= 11 is 8.91. The molecule has 1 unspecified atom stereocenters. The molecule has 1 heterocycles.